The van der Waals surface area contributed by atoms with Crippen LogP contribution in [0.5, 0.6) is 0 Å². The maximum Gasteiger partial charge on any atom is 0.123 e. The van der Waals surface area contributed by atoms with Crippen LogP contribution in [0.3, 0.4) is 0 Å². The van der Waals surface area contributed by atoms with Gasteiger partial charge < -0.3 is 10.7 Å². The van der Waals surface area contributed by atoms with E-state index in [4.69, 9.17) is 5.41 Å². The Morgan fingerprint density at radius 1 is 1.22 bits per heavy atom. The fraction of sp³-hybridized carbons (Fsp3) is 0.300. The maximum atomic E-state index is 13.1. The highest BCUT2D eigenvalue weighted by Crippen LogP contribution is 2.37. The molecule has 27 heavy (non-hydrogen) atoms. The molecule has 0 saturated heterocycles. The molecule has 1 aromatic heterocycles. The summed E-state index contributed by atoms with van der Waals surface area (Å²) in [5.74, 6) is -0.242. The third kappa shape index (κ3) is 4.14. The molecule has 0 saturated carbocycles. The lowest BCUT2D eigenvalue weighted by atomic mass is 9.86. The number of hydrogen-bond acceptors (Lipinski definition) is 5. The molecule has 2 N–H and O–H groups in total. The van der Waals surface area contributed by atoms with Crippen molar-refractivity contribution in [2.45, 2.75) is 24.2 Å². The second-order valence-corrected chi connectivity index (χ2v) is 8.07. The molecular formula is C20H22FN5S. The first-order valence-corrected chi connectivity index (χ1v) is 9.74. The highest BCUT2D eigenvalue weighted by molar-refractivity contribution is 7.97. The average Bonchev–Trinajstić information content (AvgIpc) is 3.08. The van der Waals surface area contributed by atoms with Crippen molar-refractivity contribution >= 4 is 23.8 Å². The lowest BCUT2D eigenvalue weighted by molar-refractivity contribution is 0.470. The van der Waals surface area contributed by atoms with E-state index in [2.05, 4.69) is 14.7 Å². The molecule has 2 aromatic rings. The van der Waals surface area contributed by atoms with Gasteiger partial charge in [-0.1, -0.05) is 11.1 Å². The minimum absolute atomic E-state index is 0.242. The molecule has 4 rings (SSSR count). The van der Waals surface area contributed by atoms with Crippen LogP contribution in [0.1, 0.15) is 19.3 Å². The molecule has 2 heterocycles. The maximum absolute atomic E-state index is 13.1. The number of allylic oxidation sites excluding steroid dienone is 2. The second kappa shape index (κ2) is 7.70. The number of aromatic nitrogens is 2. The van der Waals surface area contributed by atoms with E-state index in [1.165, 1.54) is 29.5 Å². The van der Waals surface area contributed by atoms with Crippen LogP contribution in [0.4, 0.5) is 10.1 Å². The van der Waals surface area contributed by atoms with E-state index in [1.54, 1.807) is 24.1 Å². The largest absolute Gasteiger partial charge is 0.358 e. The lowest BCUT2D eigenvalue weighted by Crippen LogP contribution is -2.29. The van der Waals surface area contributed by atoms with Crippen LogP contribution < -0.4 is 5.32 Å². The predicted molar refractivity (Wildman–Crippen MR) is 107 cm³/mol. The zero-order valence-corrected chi connectivity index (χ0v) is 16.0. The summed E-state index contributed by atoms with van der Waals surface area (Å²) in [5, 5.41) is 15.5. The quantitative estimate of drug-likeness (QED) is 0.457. The van der Waals surface area contributed by atoms with Gasteiger partial charge in [0.15, 0.2) is 0 Å². The third-order valence-corrected chi connectivity index (χ3v) is 5.93. The van der Waals surface area contributed by atoms with E-state index in [-0.39, 0.29) is 5.82 Å². The predicted octanol–water partition coefficient (Wildman–Crippen LogP) is 4.38. The van der Waals surface area contributed by atoms with Crippen molar-refractivity contribution in [3.63, 3.8) is 0 Å². The standard InChI is InChI=1S/C20H22FN5S/c1-25-13-19(11-23-25)27-26-7-6-14-9-20(15(10-22)8-16(14)12-26)24-18-4-2-17(21)3-5-18/h2-5,10-11,13,22,24H,6-9,12H2,1H3. The number of anilines is 1. The van der Waals surface area contributed by atoms with Crippen molar-refractivity contribution in [3.8, 4) is 0 Å². The van der Waals surface area contributed by atoms with Gasteiger partial charge >= 0.3 is 0 Å². The molecule has 7 heteroatoms. The number of nitrogens with zero attached hydrogens (tertiary/aromatic N) is 3. The van der Waals surface area contributed by atoms with Gasteiger partial charge in [-0.25, -0.2) is 8.70 Å². The molecule has 0 fully saturated rings. The van der Waals surface area contributed by atoms with E-state index in [0.29, 0.717) is 0 Å². The van der Waals surface area contributed by atoms with Gasteiger partial charge in [0.2, 0.25) is 0 Å². The van der Waals surface area contributed by atoms with Gasteiger partial charge in [-0.15, -0.1) is 0 Å². The highest BCUT2D eigenvalue weighted by atomic mass is 32.2. The molecule has 0 bridgehead atoms. The fourth-order valence-electron chi connectivity index (χ4n) is 3.54. The summed E-state index contributed by atoms with van der Waals surface area (Å²) in [6.45, 7) is 1.91. The van der Waals surface area contributed by atoms with Gasteiger partial charge in [0, 0.05) is 50.4 Å². The van der Waals surface area contributed by atoms with E-state index in [9.17, 15) is 4.39 Å². The second-order valence-electron chi connectivity index (χ2n) is 6.90. The highest BCUT2D eigenvalue weighted by Gasteiger charge is 2.26. The molecule has 1 aliphatic heterocycles. The first kappa shape index (κ1) is 18.0. The van der Waals surface area contributed by atoms with Crippen LogP contribution in [-0.2, 0) is 7.05 Å². The molecule has 1 aromatic carbocycles. The van der Waals surface area contributed by atoms with E-state index < -0.39 is 0 Å². The molecule has 0 spiro atoms. The van der Waals surface area contributed by atoms with Crippen molar-refractivity contribution in [1.29, 1.82) is 5.41 Å². The zero-order chi connectivity index (χ0) is 18.8. The Morgan fingerprint density at radius 2 is 2.04 bits per heavy atom. The van der Waals surface area contributed by atoms with E-state index in [0.717, 1.165) is 54.2 Å². The Balaban J connectivity index is 1.45. The van der Waals surface area contributed by atoms with Crippen molar-refractivity contribution < 1.29 is 4.39 Å². The van der Waals surface area contributed by atoms with Crippen LogP contribution in [0.15, 0.2) is 64.0 Å². The van der Waals surface area contributed by atoms with Gasteiger partial charge in [0.1, 0.15) is 5.82 Å². The molecule has 2 aliphatic rings. The molecule has 0 atom stereocenters. The number of hydrogen-bond donors (Lipinski definition) is 2. The fourth-order valence-corrected chi connectivity index (χ4v) is 4.54. The van der Waals surface area contributed by atoms with Crippen molar-refractivity contribution in [2.75, 3.05) is 18.4 Å². The summed E-state index contributed by atoms with van der Waals surface area (Å²) in [6, 6.07) is 6.38. The SMILES string of the molecule is Cn1cc(SN2CCC3=C(CC(C=N)=C(Nc4ccc(F)cc4)C3)C2)cn1. The molecule has 0 unspecified atom stereocenters. The van der Waals surface area contributed by atoms with Crippen molar-refractivity contribution in [3.05, 3.63) is 64.9 Å². The van der Waals surface area contributed by atoms with E-state index >= 15 is 0 Å². The molecule has 5 nitrogen and oxygen atoms in total. The topological polar surface area (TPSA) is 56.9 Å². The number of benzene rings is 1. The summed E-state index contributed by atoms with van der Waals surface area (Å²) in [5.41, 5.74) is 5.81. The Hall–Kier alpha value is -2.38. The Bertz CT molecular complexity index is 913. The van der Waals surface area contributed by atoms with Gasteiger partial charge in [-0.3, -0.25) is 4.68 Å². The molecule has 1 aliphatic carbocycles. The van der Waals surface area contributed by atoms with Crippen LogP contribution >= 0.6 is 11.9 Å². The lowest BCUT2D eigenvalue weighted by Gasteiger charge is -2.33. The Morgan fingerprint density at radius 3 is 2.74 bits per heavy atom. The number of rotatable bonds is 5. The zero-order valence-electron chi connectivity index (χ0n) is 15.2. The smallest absolute Gasteiger partial charge is 0.123 e. The Kier molecular flexibility index (Phi) is 5.13. The Labute approximate surface area is 162 Å². The minimum atomic E-state index is -0.242. The molecule has 140 valence electrons. The van der Waals surface area contributed by atoms with Gasteiger partial charge in [-0.05, 0) is 54.6 Å². The summed E-state index contributed by atoms with van der Waals surface area (Å²) in [7, 11) is 1.93. The van der Waals surface area contributed by atoms with Crippen molar-refractivity contribution in [1.82, 2.24) is 14.1 Å². The van der Waals surface area contributed by atoms with Crippen LogP contribution in [-0.4, -0.2) is 33.4 Å². The monoisotopic (exact) mass is 383 g/mol. The van der Waals surface area contributed by atoms with Crippen LogP contribution in [0.2, 0.25) is 0 Å². The van der Waals surface area contributed by atoms with Crippen LogP contribution in [0, 0.1) is 11.2 Å². The normalized spacial score (nSPS) is 17.9. The van der Waals surface area contributed by atoms with Gasteiger partial charge in [0.25, 0.3) is 0 Å². The third-order valence-electron chi connectivity index (χ3n) is 4.94. The molecular weight excluding hydrogens is 361 g/mol. The first-order chi connectivity index (χ1) is 13.1. The summed E-state index contributed by atoms with van der Waals surface area (Å²) < 4.78 is 17.3. The van der Waals surface area contributed by atoms with E-state index in [1.807, 2.05) is 24.1 Å². The number of nitrogens with one attached hydrogen (secondary N) is 2. The molecule has 0 radical (unpaired) electrons. The van der Waals surface area contributed by atoms with Gasteiger partial charge in [-0.2, -0.15) is 5.10 Å². The van der Waals surface area contributed by atoms with Gasteiger partial charge in [0.05, 0.1) is 11.1 Å². The summed E-state index contributed by atoms with van der Waals surface area (Å²) in [6.07, 6.45) is 8.03. The molecule has 0 amide bonds. The minimum Gasteiger partial charge on any atom is -0.358 e. The first-order valence-electron chi connectivity index (χ1n) is 8.97. The summed E-state index contributed by atoms with van der Waals surface area (Å²) >= 11 is 1.75. The number of halogens is 1. The average molecular weight is 383 g/mol. The van der Waals surface area contributed by atoms with Crippen LogP contribution in [0.25, 0.3) is 0 Å². The number of aryl methyl sites for hydroxylation is 1. The summed E-state index contributed by atoms with van der Waals surface area (Å²) in [4.78, 5) is 1.15. The van der Waals surface area contributed by atoms with Crippen molar-refractivity contribution in [2.24, 2.45) is 7.05 Å².